The van der Waals surface area contributed by atoms with Crippen molar-refractivity contribution in [2.24, 2.45) is 0 Å². The fraction of sp³-hybridized carbons (Fsp3) is 0.727. The molecule has 0 aromatic carbocycles. The van der Waals surface area contributed by atoms with Crippen LogP contribution in [0.25, 0.3) is 0 Å². The van der Waals surface area contributed by atoms with E-state index in [0.29, 0.717) is 4.88 Å². The van der Waals surface area contributed by atoms with Crippen LogP contribution in [-0.2, 0) is 6.42 Å². The van der Waals surface area contributed by atoms with Crippen LogP contribution in [-0.4, -0.2) is 27.4 Å². The van der Waals surface area contributed by atoms with Crippen LogP contribution < -0.4 is 5.32 Å². The molecule has 1 aromatic rings. The van der Waals surface area contributed by atoms with Gasteiger partial charge in [-0.05, 0) is 30.8 Å². The Morgan fingerprint density at radius 2 is 2.12 bits per heavy atom. The summed E-state index contributed by atoms with van der Waals surface area (Å²) in [5.74, 6) is -0.0302. The second-order valence-corrected chi connectivity index (χ2v) is 5.31. The highest BCUT2D eigenvalue weighted by Crippen LogP contribution is 2.10. The minimum Gasteiger partial charge on any atom is -0.351 e. The molecule has 0 saturated heterocycles. The first-order valence-electron chi connectivity index (χ1n) is 5.95. The molecule has 0 aliphatic heterocycles. The highest BCUT2D eigenvalue weighted by atomic mass is 79.9. The quantitative estimate of drug-likeness (QED) is 0.592. The molecule has 1 aromatic heterocycles. The summed E-state index contributed by atoms with van der Waals surface area (Å²) in [5, 5.41) is 7.90. The van der Waals surface area contributed by atoms with Crippen molar-refractivity contribution >= 4 is 33.4 Å². The van der Waals surface area contributed by atoms with E-state index in [2.05, 4.69) is 30.8 Å². The van der Waals surface area contributed by atoms with Crippen molar-refractivity contribution < 1.29 is 4.79 Å². The summed E-state index contributed by atoms with van der Waals surface area (Å²) in [6.45, 7) is 2.72. The number of aryl methyl sites for hydroxylation is 1. The zero-order valence-electron chi connectivity index (χ0n) is 10.0. The lowest BCUT2D eigenvalue weighted by Gasteiger charge is -2.03. The molecular weight excluding hydrogens is 302 g/mol. The standard InChI is InChI=1S/C11H18BrN3OS/c1-2-9-10(17-15-14-9)11(16)13-8-6-4-3-5-7-12/h2-8H2,1H3,(H,13,16). The predicted octanol–water partition coefficient (Wildman–Crippen LogP) is 2.79. The van der Waals surface area contributed by atoms with Gasteiger partial charge < -0.3 is 5.32 Å². The monoisotopic (exact) mass is 319 g/mol. The number of hydrogen-bond acceptors (Lipinski definition) is 4. The van der Waals surface area contributed by atoms with E-state index in [-0.39, 0.29) is 5.91 Å². The molecule has 0 saturated carbocycles. The Hall–Kier alpha value is -0.490. The van der Waals surface area contributed by atoms with E-state index in [1.807, 2.05) is 6.92 Å². The molecule has 1 N–H and O–H groups in total. The number of halogens is 1. The Bertz CT molecular complexity index is 343. The predicted molar refractivity (Wildman–Crippen MR) is 73.9 cm³/mol. The second kappa shape index (κ2) is 8.58. The molecule has 96 valence electrons. The molecule has 0 aliphatic rings. The lowest BCUT2D eigenvalue weighted by Crippen LogP contribution is -2.24. The minimum atomic E-state index is -0.0302. The van der Waals surface area contributed by atoms with Crippen LogP contribution in [0.15, 0.2) is 0 Å². The number of unbranched alkanes of at least 4 members (excludes halogenated alkanes) is 3. The second-order valence-electron chi connectivity index (χ2n) is 3.76. The Morgan fingerprint density at radius 3 is 2.82 bits per heavy atom. The molecule has 6 heteroatoms. The van der Waals surface area contributed by atoms with Gasteiger partial charge in [-0.25, -0.2) is 0 Å². The molecule has 0 radical (unpaired) electrons. The average Bonchev–Trinajstić information content (AvgIpc) is 2.81. The van der Waals surface area contributed by atoms with E-state index in [4.69, 9.17) is 0 Å². The molecular formula is C11H18BrN3OS. The van der Waals surface area contributed by atoms with Crippen molar-refractivity contribution in [1.29, 1.82) is 0 Å². The maximum Gasteiger partial charge on any atom is 0.264 e. The summed E-state index contributed by atoms with van der Waals surface area (Å²) in [4.78, 5) is 12.4. The molecule has 17 heavy (non-hydrogen) atoms. The van der Waals surface area contributed by atoms with Crippen molar-refractivity contribution in [2.75, 3.05) is 11.9 Å². The van der Waals surface area contributed by atoms with Gasteiger partial charge in [0.15, 0.2) is 0 Å². The van der Waals surface area contributed by atoms with Crippen LogP contribution in [0.3, 0.4) is 0 Å². The number of hydrogen-bond donors (Lipinski definition) is 1. The average molecular weight is 320 g/mol. The number of carbonyl (C=O) groups is 1. The third-order valence-electron chi connectivity index (χ3n) is 2.44. The van der Waals surface area contributed by atoms with Crippen LogP contribution in [0.5, 0.6) is 0 Å². The van der Waals surface area contributed by atoms with Gasteiger partial charge in [-0.2, -0.15) is 0 Å². The third-order valence-corrected chi connectivity index (χ3v) is 3.77. The summed E-state index contributed by atoms with van der Waals surface area (Å²) in [5.41, 5.74) is 0.798. The van der Waals surface area contributed by atoms with Gasteiger partial charge in [0.2, 0.25) is 0 Å². The third kappa shape index (κ3) is 5.12. The van der Waals surface area contributed by atoms with Crippen molar-refractivity contribution in [3.63, 3.8) is 0 Å². The van der Waals surface area contributed by atoms with Gasteiger partial charge in [-0.15, -0.1) is 5.10 Å². The molecule has 0 spiro atoms. The fourth-order valence-electron chi connectivity index (χ4n) is 1.47. The molecule has 0 bridgehead atoms. The lowest BCUT2D eigenvalue weighted by molar-refractivity contribution is 0.0956. The molecule has 0 aliphatic carbocycles. The number of rotatable bonds is 8. The molecule has 0 fully saturated rings. The van der Waals surface area contributed by atoms with Crippen molar-refractivity contribution in [2.45, 2.75) is 39.0 Å². The number of amides is 1. The van der Waals surface area contributed by atoms with E-state index in [1.165, 1.54) is 24.4 Å². The molecule has 0 atom stereocenters. The number of alkyl halides is 1. The largest absolute Gasteiger partial charge is 0.351 e. The highest BCUT2D eigenvalue weighted by molar-refractivity contribution is 9.09. The van der Waals surface area contributed by atoms with E-state index in [9.17, 15) is 4.79 Å². The number of nitrogens with zero attached hydrogens (tertiary/aromatic N) is 2. The number of aromatic nitrogens is 2. The maximum absolute atomic E-state index is 11.8. The van der Waals surface area contributed by atoms with Crippen LogP contribution >= 0.6 is 27.5 Å². The smallest absolute Gasteiger partial charge is 0.264 e. The van der Waals surface area contributed by atoms with Crippen molar-refractivity contribution in [3.05, 3.63) is 10.6 Å². The molecule has 1 amide bonds. The summed E-state index contributed by atoms with van der Waals surface area (Å²) in [6.07, 6.45) is 5.36. The first kappa shape index (κ1) is 14.6. The first-order chi connectivity index (χ1) is 8.29. The van der Waals surface area contributed by atoms with Gasteiger partial charge in [0, 0.05) is 11.9 Å². The van der Waals surface area contributed by atoms with Gasteiger partial charge in [-0.3, -0.25) is 4.79 Å². The molecule has 0 unspecified atom stereocenters. The van der Waals surface area contributed by atoms with Crippen LogP contribution in [0.1, 0.15) is 48.0 Å². The normalized spacial score (nSPS) is 10.5. The van der Waals surface area contributed by atoms with E-state index >= 15 is 0 Å². The zero-order chi connectivity index (χ0) is 12.5. The Morgan fingerprint density at radius 1 is 1.35 bits per heavy atom. The summed E-state index contributed by atoms with van der Waals surface area (Å²) in [6, 6.07) is 0. The molecule has 1 heterocycles. The van der Waals surface area contributed by atoms with E-state index < -0.39 is 0 Å². The van der Waals surface area contributed by atoms with Crippen molar-refractivity contribution in [1.82, 2.24) is 14.9 Å². The molecule has 1 rings (SSSR count). The zero-order valence-corrected chi connectivity index (χ0v) is 12.4. The lowest BCUT2D eigenvalue weighted by atomic mass is 10.2. The van der Waals surface area contributed by atoms with Gasteiger partial charge >= 0.3 is 0 Å². The van der Waals surface area contributed by atoms with Gasteiger partial charge in [0.1, 0.15) is 4.88 Å². The van der Waals surface area contributed by atoms with Crippen LogP contribution in [0.2, 0.25) is 0 Å². The van der Waals surface area contributed by atoms with Gasteiger partial charge in [0.25, 0.3) is 5.91 Å². The minimum absolute atomic E-state index is 0.0302. The molecule has 4 nitrogen and oxygen atoms in total. The topological polar surface area (TPSA) is 54.9 Å². The van der Waals surface area contributed by atoms with Crippen LogP contribution in [0, 0.1) is 0 Å². The van der Waals surface area contributed by atoms with E-state index in [1.54, 1.807) is 0 Å². The first-order valence-corrected chi connectivity index (χ1v) is 7.84. The SMILES string of the molecule is CCc1nnsc1C(=O)NCCCCCCBr. The maximum atomic E-state index is 11.8. The summed E-state index contributed by atoms with van der Waals surface area (Å²) in [7, 11) is 0. The summed E-state index contributed by atoms with van der Waals surface area (Å²) >= 11 is 4.58. The number of nitrogens with one attached hydrogen (secondary N) is 1. The Balaban J connectivity index is 2.21. The van der Waals surface area contributed by atoms with E-state index in [0.717, 1.165) is 36.8 Å². The van der Waals surface area contributed by atoms with Gasteiger partial charge in [0.05, 0.1) is 5.69 Å². The summed E-state index contributed by atoms with van der Waals surface area (Å²) < 4.78 is 3.81. The van der Waals surface area contributed by atoms with Crippen LogP contribution in [0.4, 0.5) is 0 Å². The highest BCUT2D eigenvalue weighted by Gasteiger charge is 2.13. The van der Waals surface area contributed by atoms with Gasteiger partial charge in [-0.1, -0.05) is 40.2 Å². The Labute approximate surface area is 114 Å². The van der Waals surface area contributed by atoms with Crippen molar-refractivity contribution in [3.8, 4) is 0 Å². The number of carbonyl (C=O) groups excluding carboxylic acids is 1. The fourth-order valence-corrected chi connectivity index (χ4v) is 2.53. The Kier molecular flexibility index (Phi) is 7.35.